The number of hydrogen-bond acceptors (Lipinski definition) is 5. The molecule has 180 valence electrons. The summed E-state index contributed by atoms with van der Waals surface area (Å²) in [5, 5.41) is 4.64. The molecular weight excluding hydrogens is 443 g/mol. The Kier molecular flexibility index (Phi) is 4.47. The van der Waals surface area contributed by atoms with Crippen LogP contribution in [0.15, 0.2) is 54.1 Å². The number of halogens is 1. The lowest BCUT2D eigenvalue weighted by Crippen LogP contribution is -2.62. The number of aromatic nitrogens is 2. The molecule has 7 heteroatoms. The largest absolute Gasteiger partial charge is 0.380 e. The lowest BCUT2D eigenvalue weighted by molar-refractivity contribution is -0.169. The van der Waals surface area contributed by atoms with Crippen LogP contribution in [-0.4, -0.2) is 40.0 Å². The van der Waals surface area contributed by atoms with Gasteiger partial charge in [0, 0.05) is 42.2 Å². The van der Waals surface area contributed by atoms with Gasteiger partial charge in [-0.3, -0.25) is 0 Å². The standard InChI is InChI=1S/C28H29FN4O2/c1-18-13-32(17-30-18)25-10-3-19(23-8-9-24(23)25)11-20-12-28(15-34-16-28)14-33-26(20)31-35-27(33,2)21-4-6-22(29)7-5-21/h3-7,10,13,17,20H,8-9,11-12,14-16H2,1-2H3. The molecule has 1 aromatic heterocycles. The number of oxime groups is 1. The van der Waals surface area contributed by atoms with Crippen molar-refractivity contribution in [2.75, 3.05) is 19.8 Å². The molecule has 35 heavy (non-hydrogen) atoms. The smallest absolute Gasteiger partial charge is 0.234 e. The molecule has 4 aliphatic rings. The number of benzene rings is 2. The second-order valence-electron chi connectivity index (χ2n) is 10.8. The van der Waals surface area contributed by atoms with Crippen molar-refractivity contribution >= 4 is 5.84 Å². The molecule has 1 aliphatic carbocycles. The number of piperidine rings is 1. The van der Waals surface area contributed by atoms with Gasteiger partial charge in [-0.1, -0.05) is 23.4 Å². The number of amidine groups is 1. The van der Waals surface area contributed by atoms with Gasteiger partial charge in [-0.15, -0.1) is 0 Å². The third-order valence-corrected chi connectivity index (χ3v) is 8.43. The fourth-order valence-corrected chi connectivity index (χ4v) is 6.37. The van der Waals surface area contributed by atoms with Gasteiger partial charge in [-0.05, 0) is 67.5 Å². The van der Waals surface area contributed by atoms with Crippen LogP contribution in [0.5, 0.6) is 0 Å². The molecule has 0 amide bonds. The first-order chi connectivity index (χ1) is 16.9. The average molecular weight is 473 g/mol. The van der Waals surface area contributed by atoms with E-state index in [2.05, 4.69) is 37.9 Å². The van der Waals surface area contributed by atoms with Crippen LogP contribution < -0.4 is 0 Å². The predicted molar refractivity (Wildman–Crippen MR) is 130 cm³/mol. The SMILES string of the molecule is Cc1cn(-c2ccc(CC3CC4(COC4)CN4C3=NOC4(C)c3ccc(F)cc3)c3c2CC3)cn1. The van der Waals surface area contributed by atoms with E-state index in [0.717, 1.165) is 62.5 Å². The molecule has 2 aromatic carbocycles. The first kappa shape index (κ1) is 21.1. The number of hydrogen-bond donors (Lipinski definition) is 0. The van der Waals surface area contributed by atoms with Gasteiger partial charge in [0.2, 0.25) is 5.72 Å². The minimum absolute atomic E-state index is 0.111. The molecule has 0 saturated carbocycles. The molecule has 3 aliphatic heterocycles. The molecule has 0 bridgehead atoms. The van der Waals surface area contributed by atoms with Crippen LogP contribution in [0.4, 0.5) is 4.39 Å². The summed E-state index contributed by atoms with van der Waals surface area (Å²) in [6.07, 6.45) is 8.20. The van der Waals surface area contributed by atoms with Crippen LogP contribution in [0.2, 0.25) is 0 Å². The molecule has 3 aromatic rings. The maximum Gasteiger partial charge on any atom is 0.234 e. The Hall–Kier alpha value is -3.19. The van der Waals surface area contributed by atoms with E-state index in [-0.39, 0.29) is 17.2 Å². The van der Waals surface area contributed by atoms with Crippen molar-refractivity contribution < 1.29 is 14.0 Å². The molecule has 2 saturated heterocycles. The average Bonchev–Trinajstić information content (AvgIpc) is 3.38. The van der Waals surface area contributed by atoms with E-state index in [1.807, 2.05) is 20.2 Å². The van der Waals surface area contributed by atoms with Crippen LogP contribution >= 0.6 is 0 Å². The van der Waals surface area contributed by atoms with Crippen molar-refractivity contribution in [3.8, 4) is 5.69 Å². The topological polar surface area (TPSA) is 51.9 Å². The minimum atomic E-state index is -0.738. The Morgan fingerprint density at radius 1 is 1.09 bits per heavy atom. The van der Waals surface area contributed by atoms with Gasteiger partial charge in [0.25, 0.3) is 0 Å². The molecule has 0 radical (unpaired) electrons. The first-order valence-electron chi connectivity index (χ1n) is 12.5. The molecular formula is C28H29FN4O2. The fourth-order valence-electron chi connectivity index (χ4n) is 6.37. The van der Waals surface area contributed by atoms with E-state index in [0.29, 0.717) is 0 Å². The number of rotatable bonds is 4. The number of aryl methyl sites for hydroxylation is 1. The molecule has 2 unspecified atom stereocenters. The summed E-state index contributed by atoms with van der Waals surface area (Å²) in [5.74, 6) is 1.02. The first-order valence-corrected chi connectivity index (χ1v) is 12.5. The van der Waals surface area contributed by atoms with Crippen molar-refractivity contribution in [2.45, 2.75) is 45.3 Å². The van der Waals surface area contributed by atoms with E-state index >= 15 is 0 Å². The maximum absolute atomic E-state index is 13.6. The summed E-state index contributed by atoms with van der Waals surface area (Å²) in [7, 11) is 0. The van der Waals surface area contributed by atoms with Gasteiger partial charge in [0.1, 0.15) is 5.82 Å². The molecule has 0 N–H and O–H groups in total. The van der Waals surface area contributed by atoms with Gasteiger partial charge >= 0.3 is 0 Å². The molecule has 2 atom stereocenters. The molecule has 1 spiro atoms. The van der Waals surface area contributed by atoms with Gasteiger partial charge in [0.15, 0.2) is 5.84 Å². The Morgan fingerprint density at radius 2 is 1.89 bits per heavy atom. The molecule has 7 rings (SSSR count). The summed E-state index contributed by atoms with van der Waals surface area (Å²) in [5.41, 5.74) is 6.89. The number of nitrogens with zero attached hydrogens (tertiary/aromatic N) is 4. The van der Waals surface area contributed by atoms with Gasteiger partial charge in [0.05, 0.1) is 25.2 Å². The molecule has 4 heterocycles. The van der Waals surface area contributed by atoms with Crippen LogP contribution in [-0.2, 0) is 34.6 Å². The van der Waals surface area contributed by atoms with Gasteiger partial charge in [-0.2, -0.15) is 0 Å². The molecule has 6 nitrogen and oxygen atoms in total. The normalized spacial score (nSPS) is 25.9. The zero-order valence-electron chi connectivity index (χ0n) is 20.1. The summed E-state index contributed by atoms with van der Waals surface area (Å²) >= 11 is 0. The highest BCUT2D eigenvalue weighted by atomic mass is 19.1. The van der Waals surface area contributed by atoms with Gasteiger partial charge < -0.3 is 19.0 Å². The van der Waals surface area contributed by atoms with Crippen molar-refractivity contribution in [1.82, 2.24) is 14.5 Å². The van der Waals surface area contributed by atoms with E-state index in [1.165, 1.54) is 34.5 Å². The Labute approximate surface area is 204 Å². The lowest BCUT2D eigenvalue weighted by atomic mass is 9.70. The third kappa shape index (κ3) is 3.17. The Morgan fingerprint density at radius 3 is 2.54 bits per heavy atom. The number of ether oxygens (including phenoxy) is 1. The zero-order chi connectivity index (χ0) is 23.8. The lowest BCUT2D eigenvalue weighted by Gasteiger charge is -2.52. The summed E-state index contributed by atoms with van der Waals surface area (Å²) in [6, 6.07) is 11.1. The third-order valence-electron chi connectivity index (χ3n) is 8.43. The van der Waals surface area contributed by atoms with Crippen LogP contribution in [0.3, 0.4) is 0 Å². The predicted octanol–water partition coefficient (Wildman–Crippen LogP) is 4.52. The summed E-state index contributed by atoms with van der Waals surface area (Å²) in [6.45, 7) is 6.44. The number of imidazole rings is 1. The van der Waals surface area contributed by atoms with Crippen molar-refractivity contribution in [2.24, 2.45) is 16.5 Å². The van der Waals surface area contributed by atoms with Crippen LogP contribution in [0, 0.1) is 24.1 Å². The maximum atomic E-state index is 13.6. The van der Waals surface area contributed by atoms with Crippen molar-refractivity contribution in [1.29, 1.82) is 0 Å². The van der Waals surface area contributed by atoms with Crippen molar-refractivity contribution in [3.63, 3.8) is 0 Å². The van der Waals surface area contributed by atoms with Crippen molar-refractivity contribution in [3.05, 3.63) is 82.7 Å². The van der Waals surface area contributed by atoms with E-state index < -0.39 is 5.72 Å². The monoisotopic (exact) mass is 472 g/mol. The second kappa shape index (κ2) is 7.40. The quantitative estimate of drug-likeness (QED) is 0.561. The van der Waals surface area contributed by atoms with E-state index in [9.17, 15) is 4.39 Å². The van der Waals surface area contributed by atoms with Gasteiger partial charge in [-0.25, -0.2) is 9.37 Å². The highest BCUT2D eigenvalue weighted by molar-refractivity contribution is 5.87. The van der Waals surface area contributed by atoms with E-state index in [1.54, 1.807) is 12.1 Å². The Balaban J connectivity index is 1.21. The minimum Gasteiger partial charge on any atom is -0.380 e. The fraction of sp³-hybridized carbons (Fsp3) is 0.429. The Bertz CT molecular complexity index is 1340. The summed E-state index contributed by atoms with van der Waals surface area (Å²) in [4.78, 5) is 12.9. The molecule has 2 fully saturated rings. The second-order valence-corrected chi connectivity index (χ2v) is 10.8. The number of fused-ring (bicyclic) bond motifs is 2. The van der Waals surface area contributed by atoms with Crippen LogP contribution in [0.25, 0.3) is 5.69 Å². The highest BCUT2D eigenvalue weighted by Crippen LogP contribution is 2.49. The van der Waals surface area contributed by atoms with Crippen LogP contribution in [0.1, 0.15) is 41.3 Å². The highest BCUT2D eigenvalue weighted by Gasteiger charge is 2.56. The van der Waals surface area contributed by atoms with E-state index in [4.69, 9.17) is 9.57 Å². The summed E-state index contributed by atoms with van der Waals surface area (Å²) < 4.78 is 21.5. The zero-order valence-corrected chi connectivity index (χ0v) is 20.1.